The second-order valence-electron chi connectivity index (χ2n) is 3.04. The van der Waals surface area contributed by atoms with Gasteiger partial charge in [-0.1, -0.05) is 42.0 Å². The highest BCUT2D eigenvalue weighted by Gasteiger charge is 1.91. The molecule has 0 fully saturated rings. The minimum absolute atomic E-state index is 1.12. The lowest BCUT2D eigenvalue weighted by Crippen LogP contribution is -1.85. The molecule has 1 rings (SSSR count). The molecule has 0 unspecified atom stereocenters. The summed E-state index contributed by atoms with van der Waals surface area (Å²) >= 11 is 0. The SMILES string of the molecule is [CH2]C=C(C)CCc1ccccc1. The predicted octanol–water partition coefficient (Wildman–Crippen LogP) is 3.40. The summed E-state index contributed by atoms with van der Waals surface area (Å²) in [5.41, 5.74) is 2.76. The van der Waals surface area contributed by atoms with Crippen LogP contribution in [0.3, 0.4) is 0 Å². The van der Waals surface area contributed by atoms with Crippen molar-refractivity contribution in [2.45, 2.75) is 19.8 Å². The van der Waals surface area contributed by atoms with Crippen molar-refractivity contribution in [3.05, 3.63) is 54.5 Å². The first-order valence-electron chi connectivity index (χ1n) is 4.31. The fourth-order valence-electron chi connectivity index (χ4n) is 1.09. The van der Waals surface area contributed by atoms with E-state index in [0.29, 0.717) is 0 Å². The molecule has 0 aliphatic carbocycles. The Balaban J connectivity index is 2.44. The number of aryl methyl sites for hydroxylation is 1. The summed E-state index contributed by atoms with van der Waals surface area (Å²) in [6, 6.07) is 10.5. The summed E-state index contributed by atoms with van der Waals surface area (Å²) in [7, 11) is 0. The molecule has 0 heteroatoms. The highest BCUT2D eigenvalue weighted by Crippen LogP contribution is 2.07. The van der Waals surface area contributed by atoms with E-state index >= 15 is 0 Å². The zero-order chi connectivity index (χ0) is 8.81. The van der Waals surface area contributed by atoms with Gasteiger partial charge in [-0.2, -0.15) is 0 Å². The maximum absolute atomic E-state index is 3.74. The third-order valence-corrected chi connectivity index (χ3v) is 2.00. The summed E-state index contributed by atoms with van der Waals surface area (Å²) < 4.78 is 0. The first-order valence-corrected chi connectivity index (χ1v) is 4.31. The molecule has 12 heavy (non-hydrogen) atoms. The van der Waals surface area contributed by atoms with Crippen molar-refractivity contribution in [2.75, 3.05) is 0 Å². The van der Waals surface area contributed by atoms with Gasteiger partial charge < -0.3 is 0 Å². The highest BCUT2D eigenvalue weighted by atomic mass is 14.0. The van der Waals surface area contributed by atoms with Crippen molar-refractivity contribution in [2.24, 2.45) is 0 Å². The van der Waals surface area contributed by atoms with Crippen LogP contribution < -0.4 is 0 Å². The molecule has 0 spiro atoms. The van der Waals surface area contributed by atoms with Gasteiger partial charge in [0, 0.05) is 0 Å². The molecule has 1 aromatic rings. The normalized spacial score (nSPS) is 11.7. The summed E-state index contributed by atoms with van der Waals surface area (Å²) in [5.74, 6) is 0. The van der Waals surface area contributed by atoms with Crippen LogP contribution in [0.2, 0.25) is 0 Å². The van der Waals surface area contributed by atoms with E-state index in [1.807, 2.05) is 12.1 Å². The van der Waals surface area contributed by atoms with E-state index in [0.717, 1.165) is 12.8 Å². The third-order valence-electron chi connectivity index (χ3n) is 2.00. The molecule has 1 aromatic carbocycles. The van der Waals surface area contributed by atoms with E-state index in [1.54, 1.807) is 0 Å². The lowest BCUT2D eigenvalue weighted by atomic mass is 10.1. The average molecular weight is 159 g/mol. The summed E-state index contributed by atoms with van der Waals surface area (Å²) in [6.07, 6.45) is 4.18. The van der Waals surface area contributed by atoms with E-state index in [1.165, 1.54) is 11.1 Å². The highest BCUT2D eigenvalue weighted by molar-refractivity contribution is 5.16. The lowest BCUT2D eigenvalue weighted by molar-refractivity contribution is 0.941. The minimum atomic E-state index is 1.12. The maximum Gasteiger partial charge on any atom is -0.0242 e. The van der Waals surface area contributed by atoms with Crippen LogP contribution in [0.4, 0.5) is 0 Å². The van der Waals surface area contributed by atoms with Crippen molar-refractivity contribution in [1.29, 1.82) is 0 Å². The van der Waals surface area contributed by atoms with Crippen molar-refractivity contribution >= 4 is 0 Å². The fourth-order valence-corrected chi connectivity index (χ4v) is 1.09. The van der Waals surface area contributed by atoms with Crippen LogP contribution in [-0.4, -0.2) is 0 Å². The molecule has 0 nitrogen and oxygen atoms in total. The first kappa shape index (κ1) is 9.05. The van der Waals surface area contributed by atoms with Crippen molar-refractivity contribution in [3.63, 3.8) is 0 Å². The predicted molar refractivity (Wildman–Crippen MR) is 53.9 cm³/mol. The standard InChI is InChI=1S/C12H15/c1-3-11(2)9-10-12-7-5-4-6-8-12/h3-8H,1,9-10H2,2H3. The van der Waals surface area contributed by atoms with Gasteiger partial charge in [0.05, 0.1) is 0 Å². The quantitative estimate of drug-likeness (QED) is 0.634. The second kappa shape index (κ2) is 4.76. The third kappa shape index (κ3) is 2.91. The van der Waals surface area contributed by atoms with Crippen molar-refractivity contribution in [1.82, 2.24) is 0 Å². The van der Waals surface area contributed by atoms with Crippen LogP contribution in [0.25, 0.3) is 0 Å². The van der Waals surface area contributed by atoms with Gasteiger partial charge in [-0.15, -0.1) is 0 Å². The molecular formula is C12H15. The molecule has 1 radical (unpaired) electrons. The Kier molecular flexibility index (Phi) is 3.59. The molecule has 0 heterocycles. The van der Waals surface area contributed by atoms with Crippen LogP contribution in [0.1, 0.15) is 18.9 Å². The van der Waals surface area contributed by atoms with Gasteiger partial charge in [0.2, 0.25) is 0 Å². The van der Waals surface area contributed by atoms with Gasteiger partial charge in [-0.05, 0) is 32.3 Å². The number of rotatable bonds is 3. The first-order chi connectivity index (χ1) is 5.83. The van der Waals surface area contributed by atoms with E-state index in [4.69, 9.17) is 0 Å². The molecule has 0 saturated carbocycles. The van der Waals surface area contributed by atoms with Crippen LogP contribution in [0.15, 0.2) is 42.0 Å². The number of allylic oxidation sites excluding steroid dienone is 2. The monoisotopic (exact) mass is 159 g/mol. The number of benzene rings is 1. The topological polar surface area (TPSA) is 0 Å². The minimum Gasteiger partial charge on any atom is -0.0853 e. The molecule has 0 bridgehead atoms. The van der Waals surface area contributed by atoms with Crippen LogP contribution in [0.5, 0.6) is 0 Å². The van der Waals surface area contributed by atoms with Crippen LogP contribution in [0, 0.1) is 6.92 Å². The zero-order valence-corrected chi connectivity index (χ0v) is 7.59. The van der Waals surface area contributed by atoms with E-state index in [9.17, 15) is 0 Å². The summed E-state index contributed by atoms with van der Waals surface area (Å²) in [4.78, 5) is 0. The van der Waals surface area contributed by atoms with Gasteiger partial charge in [0.15, 0.2) is 0 Å². The number of hydrogen-bond donors (Lipinski definition) is 0. The van der Waals surface area contributed by atoms with Crippen LogP contribution >= 0.6 is 0 Å². The Bertz CT molecular complexity index is 244. The zero-order valence-electron chi connectivity index (χ0n) is 7.59. The second-order valence-corrected chi connectivity index (χ2v) is 3.04. The molecule has 0 saturated heterocycles. The van der Waals surface area contributed by atoms with Gasteiger partial charge in [0.1, 0.15) is 0 Å². The van der Waals surface area contributed by atoms with Gasteiger partial charge in [-0.3, -0.25) is 0 Å². The Labute approximate surface area is 74.9 Å². The summed E-state index contributed by atoms with van der Waals surface area (Å²) in [6.45, 7) is 5.86. The van der Waals surface area contributed by atoms with Gasteiger partial charge in [-0.25, -0.2) is 0 Å². The van der Waals surface area contributed by atoms with Gasteiger partial charge >= 0.3 is 0 Å². The molecule has 63 valence electrons. The van der Waals surface area contributed by atoms with Crippen molar-refractivity contribution < 1.29 is 0 Å². The van der Waals surface area contributed by atoms with E-state index < -0.39 is 0 Å². The Morgan fingerprint density at radius 1 is 1.33 bits per heavy atom. The molecule has 0 aliphatic heterocycles. The molecule has 0 amide bonds. The Morgan fingerprint density at radius 3 is 2.58 bits per heavy atom. The fraction of sp³-hybridized carbons (Fsp3) is 0.250. The molecular weight excluding hydrogens is 144 g/mol. The Hall–Kier alpha value is -1.04. The molecule has 0 aromatic heterocycles. The molecule has 0 N–H and O–H groups in total. The average Bonchev–Trinajstić information content (AvgIpc) is 2.16. The van der Waals surface area contributed by atoms with E-state index in [2.05, 4.69) is 38.1 Å². The lowest BCUT2D eigenvalue weighted by Gasteiger charge is -2.00. The molecule has 0 atom stereocenters. The maximum atomic E-state index is 3.74. The largest absolute Gasteiger partial charge is 0.0853 e. The Morgan fingerprint density at radius 2 is 2.00 bits per heavy atom. The molecule has 0 aliphatic rings. The van der Waals surface area contributed by atoms with Gasteiger partial charge in [0.25, 0.3) is 0 Å². The smallest absolute Gasteiger partial charge is 0.0242 e. The van der Waals surface area contributed by atoms with E-state index in [-0.39, 0.29) is 0 Å². The summed E-state index contributed by atoms with van der Waals surface area (Å²) in [5, 5.41) is 0. The number of hydrogen-bond acceptors (Lipinski definition) is 0. The van der Waals surface area contributed by atoms with Crippen LogP contribution in [-0.2, 0) is 6.42 Å². The van der Waals surface area contributed by atoms with Crippen molar-refractivity contribution in [3.8, 4) is 0 Å².